The number of benzene rings is 3. The van der Waals surface area contributed by atoms with Gasteiger partial charge in [0.2, 0.25) is 5.91 Å². The maximum atomic E-state index is 14.1. The lowest BCUT2D eigenvalue weighted by molar-refractivity contribution is -0.138. The summed E-state index contributed by atoms with van der Waals surface area (Å²) in [7, 11) is 0. The average Bonchev–Trinajstić information content (AvgIpc) is 3.07. The quantitative estimate of drug-likeness (QED) is 0.354. The molecule has 2 N–H and O–H groups in total. The van der Waals surface area contributed by atoms with E-state index in [-0.39, 0.29) is 36.6 Å². The molecule has 0 aromatic heterocycles. The number of carboxylic acid groups (broad SMARTS) is 1. The van der Waals surface area contributed by atoms with E-state index in [1.807, 2.05) is 69.3 Å². The third-order valence-corrected chi connectivity index (χ3v) is 7.43. The maximum absolute atomic E-state index is 14.1. The van der Waals surface area contributed by atoms with Gasteiger partial charge in [-0.15, -0.1) is 0 Å². The van der Waals surface area contributed by atoms with E-state index in [1.54, 1.807) is 4.90 Å². The molecule has 0 saturated heterocycles. The van der Waals surface area contributed by atoms with Crippen molar-refractivity contribution < 1.29 is 24.2 Å². The van der Waals surface area contributed by atoms with Crippen LogP contribution in [-0.4, -0.2) is 28.9 Å². The lowest BCUT2D eigenvalue weighted by atomic mass is 9.78. The topological polar surface area (TPSA) is 95.9 Å². The Labute approximate surface area is 234 Å². The van der Waals surface area contributed by atoms with Crippen LogP contribution in [0.2, 0.25) is 0 Å². The first-order chi connectivity index (χ1) is 19.2. The number of carbonyl (C=O) groups is 3. The number of aryl methyl sites for hydroxylation is 1. The second-order valence-corrected chi connectivity index (χ2v) is 10.8. The van der Waals surface area contributed by atoms with E-state index in [4.69, 9.17) is 4.74 Å². The molecule has 40 heavy (non-hydrogen) atoms. The molecule has 2 aliphatic rings. The van der Waals surface area contributed by atoms with Gasteiger partial charge in [-0.1, -0.05) is 54.1 Å². The second kappa shape index (κ2) is 11.4. The number of aliphatic carboxylic acids is 1. The number of nitrogens with one attached hydrogen (secondary N) is 1. The summed E-state index contributed by atoms with van der Waals surface area (Å²) in [5, 5.41) is 12.8. The van der Waals surface area contributed by atoms with Crippen LogP contribution in [0.25, 0.3) is 0 Å². The molecule has 3 aromatic carbocycles. The summed E-state index contributed by atoms with van der Waals surface area (Å²) < 4.78 is 5.84. The highest BCUT2D eigenvalue weighted by Crippen LogP contribution is 2.47. The van der Waals surface area contributed by atoms with Crippen LogP contribution in [-0.2, 0) is 14.4 Å². The van der Waals surface area contributed by atoms with E-state index in [9.17, 15) is 19.5 Å². The first kappa shape index (κ1) is 27.2. The molecule has 0 unspecified atom stereocenters. The molecule has 3 aromatic rings. The number of fused-ring (bicyclic) bond motifs is 1. The number of Topliss-reactive ketones (excluding diaryl/α,β-unsaturated/α-hetero) is 1. The smallest absolute Gasteiger partial charge is 0.303 e. The number of hydrogen-bond acceptors (Lipinski definition) is 5. The summed E-state index contributed by atoms with van der Waals surface area (Å²) in [5.41, 5.74) is 5.67. The number of amides is 1. The van der Waals surface area contributed by atoms with E-state index in [0.717, 1.165) is 22.4 Å². The molecule has 0 radical (unpaired) electrons. The molecule has 1 aliphatic carbocycles. The summed E-state index contributed by atoms with van der Waals surface area (Å²) in [6.07, 6.45) is 0.455. The highest BCUT2D eigenvalue weighted by molar-refractivity contribution is 6.06. The number of rotatable bonds is 7. The Morgan fingerprint density at radius 1 is 0.950 bits per heavy atom. The van der Waals surface area contributed by atoms with E-state index in [1.165, 1.54) is 0 Å². The number of allylic oxidation sites excluding steroid dienone is 1. The molecule has 7 nitrogen and oxygen atoms in total. The van der Waals surface area contributed by atoms with Crippen molar-refractivity contribution in [1.82, 2.24) is 0 Å². The SMILES string of the molecule is Cc1ccc([C@H]2CC(=O)C3=C(C2)Nc2ccccc2N(C(=O)CCC(=O)O)[C@H]3c2ccc(OC(C)C)cc2)cc1. The van der Waals surface area contributed by atoms with Gasteiger partial charge in [-0.3, -0.25) is 19.3 Å². The summed E-state index contributed by atoms with van der Waals surface area (Å²) in [6.45, 7) is 5.94. The molecule has 0 bridgehead atoms. The minimum Gasteiger partial charge on any atom is -0.491 e. The largest absolute Gasteiger partial charge is 0.491 e. The molecule has 7 heteroatoms. The van der Waals surface area contributed by atoms with Gasteiger partial charge in [0.25, 0.3) is 0 Å². The van der Waals surface area contributed by atoms with Crippen LogP contribution in [0.15, 0.2) is 84.1 Å². The predicted molar refractivity (Wildman–Crippen MR) is 155 cm³/mol. The van der Waals surface area contributed by atoms with Crippen molar-refractivity contribution in [3.05, 3.63) is 101 Å². The van der Waals surface area contributed by atoms with Crippen molar-refractivity contribution in [2.45, 2.75) is 64.5 Å². The van der Waals surface area contributed by atoms with Crippen molar-refractivity contribution in [2.24, 2.45) is 0 Å². The Hall–Kier alpha value is -4.39. The number of carboxylic acids is 1. The molecule has 1 heterocycles. The summed E-state index contributed by atoms with van der Waals surface area (Å²) in [6, 6.07) is 22.5. The summed E-state index contributed by atoms with van der Waals surface area (Å²) in [5.74, 6) is -0.737. The van der Waals surface area contributed by atoms with Gasteiger partial charge < -0.3 is 15.2 Å². The Morgan fingerprint density at radius 3 is 2.30 bits per heavy atom. The highest BCUT2D eigenvalue weighted by atomic mass is 16.5. The fourth-order valence-corrected chi connectivity index (χ4v) is 5.59. The molecule has 0 fully saturated rings. The van der Waals surface area contributed by atoms with Crippen LogP contribution in [0.3, 0.4) is 0 Å². The minimum absolute atomic E-state index is 0.00171. The zero-order valence-corrected chi connectivity index (χ0v) is 23.0. The Balaban J connectivity index is 1.65. The minimum atomic E-state index is -1.05. The average molecular weight is 539 g/mol. The van der Waals surface area contributed by atoms with E-state index in [2.05, 4.69) is 29.6 Å². The van der Waals surface area contributed by atoms with Crippen molar-refractivity contribution >= 4 is 29.0 Å². The molecule has 1 amide bonds. The lowest BCUT2D eigenvalue weighted by Crippen LogP contribution is -2.38. The molecule has 0 saturated carbocycles. The molecule has 206 valence electrons. The standard InChI is InChI=1S/C33H34N2O5/c1-20(2)40-25-14-12-23(13-15-25)33-32-27(18-24(19-29(32)36)22-10-8-21(3)9-11-22)34-26-6-4-5-7-28(26)35(33)30(37)16-17-31(38)39/h4-15,20,24,33-34H,16-19H2,1-3H3,(H,38,39)/t24-,33+/m1/s1. The summed E-state index contributed by atoms with van der Waals surface area (Å²) >= 11 is 0. The first-order valence-corrected chi connectivity index (χ1v) is 13.7. The number of nitrogens with zero attached hydrogens (tertiary/aromatic N) is 1. The van der Waals surface area contributed by atoms with Gasteiger partial charge in [0.1, 0.15) is 5.75 Å². The molecule has 5 rings (SSSR count). The molecule has 0 spiro atoms. The molecular formula is C33H34N2O5. The van der Waals surface area contributed by atoms with Crippen molar-refractivity contribution in [2.75, 3.05) is 10.2 Å². The third-order valence-electron chi connectivity index (χ3n) is 7.43. The Morgan fingerprint density at radius 2 is 1.62 bits per heavy atom. The maximum Gasteiger partial charge on any atom is 0.303 e. The van der Waals surface area contributed by atoms with Gasteiger partial charge >= 0.3 is 5.97 Å². The number of carbonyl (C=O) groups excluding carboxylic acids is 2. The van der Waals surface area contributed by atoms with Crippen LogP contribution in [0.5, 0.6) is 5.75 Å². The first-order valence-electron chi connectivity index (χ1n) is 13.7. The molecular weight excluding hydrogens is 504 g/mol. The predicted octanol–water partition coefficient (Wildman–Crippen LogP) is 6.55. The number of para-hydroxylation sites is 2. The monoisotopic (exact) mass is 538 g/mol. The zero-order chi connectivity index (χ0) is 28.4. The van der Waals surface area contributed by atoms with Gasteiger partial charge in [0.15, 0.2) is 5.78 Å². The van der Waals surface area contributed by atoms with Crippen LogP contribution in [0.4, 0.5) is 11.4 Å². The second-order valence-electron chi connectivity index (χ2n) is 10.8. The normalized spacial score (nSPS) is 18.5. The number of ether oxygens (including phenoxy) is 1. The van der Waals surface area contributed by atoms with Crippen LogP contribution in [0.1, 0.15) is 68.2 Å². The molecule has 2 atom stereocenters. The highest BCUT2D eigenvalue weighted by Gasteiger charge is 2.41. The Bertz CT molecular complexity index is 1460. The number of ketones is 1. The third kappa shape index (κ3) is 5.64. The number of hydrogen-bond donors (Lipinski definition) is 2. The van der Waals surface area contributed by atoms with Crippen LogP contribution in [0, 0.1) is 6.92 Å². The molecule has 1 aliphatic heterocycles. The van der Waals surface area contributed by atoms with E-state index < -0.39 is 12.0 Å². The van der Waals surface area contributed by atoms with Gasteiger partial charge in [-0.05, 0) is 68.5 Å². The van der Waals surface area contributed by atoms with Gasteiger partial charge in [0, 0.05) is 24.1 Å². The number of anilines is 2. The van der Waals surface area contributed by atoms with Gasteiger partial charge in [-0.2, -0.15) is 0 Å². The van der Waals surface area contributed by atoms with Gasteiger partial charge in [0.05, 0.1) is 29.9 Å². The fourth-order valence-electron chi connectivity index (χ4n) is 5.59. The van der Waals surface area contributed by atoms with E-state index in [0.29, 0.717) is 35.5 Å². The fraction of sp³-hybridized carbons (Fsp3) is 0.303. The van der Waals surface area contributed by atoms with E-state index >= 15 is 0 Å². The van der Waals surface area contributed by atoms with Crippen LogP contribution < -0.4 is 15.0 Å². The van der Waals surface area contributed by atoms with Crippen molar-refractivity contribution in [1.29, 1.82) is 0 Å². The van der Waals surface area contributed by atoms with Crippen LogP contribution >= 0.6 is 0 Å². The van der Waals surface area contributed by atoms with Crippen molar-refractivity contribution in [3.8, 4) is 5.75 Å². The Kier molecular flexibility index (Phi) is 7.74. The zero-order valence-electron chi connectivity index (χ0n) is 23.0. The lowest BCUT2D eigenvalue weighted by Gasteiger charge is -2.35. The van der Waals surface area contributed by atoms with Crippen molar-refractivity contribution in [3.63, 3.8) is 0 Å². The van der Waals surface area contributed by atoms with Gasteiger partial charge in [-0.25, -0.2) is 0 Å². The summed E-state index contributed by atoms with van der Waals surface area (Å²) in [4.78, 5) is 40.8.